The lowest BCUT2D eigenvalue weighted by molar-refractivity contribution is -0.646. The minimum Gasteiger partial charge on any atom is -0.195 e. The second-order valence-electron chi connectivity index (χ2n) is 4.22. The molecule has 0 aliphatic heterocycles. The summed E-state index contributed by atoms with van der Waals surface area (Å²) < 4.78 is 2.22. The lowest BCUT2D eigenvalue weighted by atomic mass is 10.2. The SMILES string of the molecule is C[n+]1c(C=Cc2cccs2)ccc2ccccc21. The van der Waals surface area contributed by atoms with Crippen molar-refractivity contribution in [2.24, 2.45) is 7.05 Å². The van der Waals surface area contributed by atoms with Crippen molar-refractivity contribution in [2.45, 2.75) is 0 Å². The maximum absolute atomic E-state index is 2.22. The van der Waals surface area contributed by atoms with Gasteiger partial charge in [0.15, 0.2) is 0 Å². The maximum atomic E-state index is 2.22. The van der Waals surface area contributed by atoms with Crippen LogP contribution in [0.15, 0.2) is 53.9 Å². The van der Waals surface area contributed by atoms with Gasteiger partial charge in [-0.05, 0) is 29.7 Å². The van der Waals surface area contributed by atoms with Crippen LogP contribution in [0.25, 0.3) is 23.1 Å². The molecule has 0 fully saturated rings. The van der Waals surface area contributed by atoms with Gasteiger partial charge in [0.2, 0.25) is 11.2 Å². The van der Waals surface area contributed by atoms with E-state index >= 15 is 0 Å². The molecule has 88 valence electrons. The van der Waals surface area contributed by atoms with Gasteiger partial charge < -0.3 is 0 Å². The fraction of sp³-hybridized carbons (Fsp3) is 0.0625. The molecule has 0 N–H and O–H groups in total. The first-order chi connectivity index (χ1) is 8.84. The third-order valence-corrected chi connectivity index (χ3v) is 3.92. The highest BCUT2D eigenvalue weighted by atomic mass is 32.1. The van der Waals surface area contributed by atoms with Gasteiger partial charge in [-0.25, -0.2) is 0 Å². The summed E-state index contributed by atoms with van der Waals surface area (Å²) in [6.07, 6.45) is 4.33. The van der Waals surface area contributed by atoms with Gasteiger partial charge in [0, 0.05) is 28.5 Å². The van der Waals surface area contributed by atoms with E-state index in [9.17, 15) is 0 Å². The summed E-state index contributed by atoms with van der Waals surface area (Å²) in [6.45, 7) is 0. The molecule has 1 aromatic carbocycles. The number of fused-ring (bicyclic) bond motifs is 1. The van der Waals surface area contributed by atoms with Crippen molar-refractivity contribution in [2.75, 3.05) is 0 Å². The Morgan fingerprint density at radius 1 is 0.944 bits per heavy atom. The van der Waals surface area contributed by atoms with Gasteiger partial charge in [0.05, 0.1) is 0 Å². The van der Waals surface area contributed by atoms with Crippen molar-refractivity contribution in [3.05, 3.63) is 64.5 Å². The highest BCUT2D eigenvalue weighted by molar-refractivity contribution is 7.10. The number of thiophene rings is 1. The molecule has 0 amide bonds. The highest BCUT2D eigenvalue weighted by Gasteiger charge is 2.07. The lowest BCUT2D eigenvalue weighted by Crippen LogP contribution is -2.32. The summed E-state index contributed by atoms with van der Waals surface area (Å²) in [5, 5.41) is 3.37. The summed E-state index contributed by atoms with van der Waals surface area (Å²) in [4.78, 5) is 1.28. The molecule has 0 aliphatic rings. The standard InChI is InChI=1S/C16H14NS/c1-17-14(10-11-15-6-4-12-18-15)9-8-13-5-2-3-7-16(13)17/h2-12H,1H3/q+1. The zero-order valence-electron chi connectivity index (χ0n) is 10.2. The molecule has 3 aromatic rings. The van der Waals surface area contributed by atoms with Crippen LogP contribution < -0.4 is 4.57 Å². The van der Waals surface area contributed by atoms with Crippen LogP contribution >= 0.6 is 11.3 Å². The number of hydrogen-bond acceptors (Lipinski definition) is 1. The second kappa shape index (κ2) is 4.75. The molecular formula is C16H14NS+. The van der Waals surface area contributed by atoms with Gasteiger partial charge in [-0.1, -0.05) is 18.2 Å². The Labute approximate surface area is 111 Å². The predicted octanol–water partition coefficient (Wildman–Crippen LogP) is 3.90. The molecule has 2 heteroatoms. The number of rotatable bonds is 2. The van der Waals surface area contributed by atoms with Crippen molar-refractivity contribution >= 4 is 34.4 Å². The van der Waals surface area contributed by atoms with E-state index < -0.39 is 0 Å². The van der Waals surface area contributed by atoms with Crippen LogP contribution in [0.5, 0.6) is 0 Å². The van der Waals surface area contributed by atoms with Gasteiger partial charge >= 0.3 is 0 Å². The monoisotopic (exact) mass is 252 g/mol. The summed E-state index contributed by atoms with van der Waals surface area (Å²) in [7, 11) is 2.11. The Morgan fingerprint density at radius 2 is 1.83 bits per heavy atom. The fourth-order valence-corrected chi connectivity index (χ4v) is 2.70. The van der Waals surface area contributed by atoms with Crippen LogP contribution in [0.4, 0.5) is 0 Å². The van der Waals surface area contributed by atoms with Gasteiger partial charge in [0.25, 0.3) is 0 Å². The van der Waals surface area contributed by atoms with Crippen molar-refractivity contribution < 1.29 is 4.57 Å². The molecule has 0 saturated heterocycles. The second-order valence-corrected chi connectivity index (χ2v) is 5.20. The molecule has 2 heterocycles. The fourth-order valence-electron chi connectivity index (χ4n) is 2.08. The Bertz CT molecular complexity index is 696. The number of benzene rings is 1. The lowest BCUT2D eigenvalue weighted by Gasteiger charge is -1.99. The van der Waals surface area contributed by atoms with Crippen molar-refractivity contribution in [3.63, 3.8) is 0 Å². The molecule has 0 spiro atoms. The zero-order chi connectivity index (χ0) is 12.4. The average molecular weight is 252 g/mol. The topological polar surface area (TPSA) is 3.88 Å². The number of nitrogens with zero attached hydrogens (tertiary/aromatic N) is 1. The number of hydrogen-bond donors (Lipinski definition) is 0. The van der Waals surface area contributed by atoms with E-state index in [1.807, 2.05) is 0 Å². The van der Waals surface area contributed by atoms with Crippen molar-refractivity contribution in [1.29, 1.82) is 0 Å². The van der Waals surface area contributed by atoms with Gasteiger partial charge in [0.1, 0.15) is 7.05 Å². The number of aryl methyl sites for hydroxylation is 1. The summed E-state index contributed by atoms with van der Waals surface area (Å²) in [5.74, 6) is 0. The van der Waals surface area contributed by atoms with E-state index in [1.54, 1.807) is 11.3 Å². The van der Waals surface area contributed by atoms with Crippen LogP contribution in [0.3, 0.4) is 0 Å². The minimum absolute atomic E-state index is 1.21. The molecule has 1 nitrogen and oxygen atoms in total. The van der Waals surface area contributed by atoms with Gasteiger partial charge in [-0.2, -0.15) is 4.57 Å². The first kappa shape index (κ1) is 11.2. The van der Waals surface area contributed by atoms with Gasteiger partial charge in [-0.3, -0.25) is 0 Å². The average Bonchev–Trinajstić information content (AvgIpc) is 2.91. The first-order valence-electron chi connectivity index (χ1n) is 5.94. The summed E-state index contributed by atoms with van der Waals surface area (Å²) in [5.41, 5.74) is 2.47. The predicted molar refractivity (Wildman–Crippen MR) is 78.4 cm³/mol. The molecule has 0 radical (unpaired) electrons. The van der Waals surface area contributed by atoms with Gasteiger partial charge in [-0.15, -0.1) is 11.3 Å². The Hall–Kier alpha value is -1.93. The zero-order valence-corrected chi connectivity index (χ0v) is 11.0. The maximum Gasteiger partial charge on any atom is 0.212 e. The molecule has 3 rings (SSSR count). The molecule has 0 saturated carbocycles. The van der Waals surface area contributed by atoms with Crippen LogP contribution in [0.2, 0.25) is 0 Å². The highest BCUT2D eigenvalue weighted by Crippen LogP contribution is 2.14. The van der Waals surface area contributed by atoms with E-state index in [1.165, 1.54) is 21.5 Å². The third kappa shape index (κ3) is 2.07. The molecule has 2 aromatic heterocycles. The molecular weight excluding hydrogens is 238 g/mol. The van der Waals surface area contributed by atoms with Crippen LogP contribution in [0, 0.1) is 0 Å². The molecule has 0 aliphatic carbocycles. The molecule has 18 heavy (non-hydrogen) atoms. The number of aromatic nitrogens is 1. The normalized spacial score (nSPS) is 11.4. The molecule has 0 atom stereocenters. The summed E-state index contributed by atoms with van der Waals surface area (Å²) in [6, 6.07) is 17.0. The van der Waals surface area contributed by atoms with E-state index in [0.29, 0.717) is 0 Å². The van der Waals surface area contributed by atoms with E-state index in [0.717, 1.165) is 0 Å². The smallest absolute Gasteiger partial charge is 0.195 e. The van der Waals surface area contributed by atoms with Crippen LogP contribution in [-0.4, -0.2) is 0 Å². The van der Waals surface area contributed by atoms with E-state index in [2.05, 4.69) is 77.7 Å². The number of para-hydroxylation sites is 1. The van der Waals surface area contributed by atoms with Crippen LogP contribution in [-0.2, 0) is 7.05 Å². The third-order valence-electron chi connectivity index (χ3n) is 3.08. The first-order valence-corrected chi connectivity index (χ1v) is 6.82. The van der Waals surface area contributed by atoms with E-state index in [4.69, 9.17) is 0 Å². The Morgan fingerprint density at radius 3 is 2.67 bits per heavy atom. The molecule has 0 bridgehead atoms. The Kier molecular flexibility index (Phi) is 2.95. The largest absolute Gasteiger partial charge is 0.212 e. The molecule has 0 unspecified atom stereocenters. The van der Waals surface area contributed by atoms with Crippen molar-refractivity contribution in [3.8, 4) is 0 Å². The van der Waals surface area contributed by atoms with Crippen LogP contribution in [0.1, 0.15) is 10.6 Å². The van der Waals surface area contributed by atoms with Crippen molar-refractivity contribution in [1.82, 2.24) is 0 Å². The van der Waals surface area contributed by atoms with E-state index in [-0.39, 0.29) is 0 Å². The minimum atomic E-state index is 1.21. The number of pyridine rings is 1. The Balaban J connectivity index is 2.05. The quantitative estimate of drug-likeness (QED) is 0.609. The summed E-state index contributed by atoms with van der Waals surface area (Å²) >= 11 is 1.76.